The summed E-state index contributed by atoms with van der Waals surface area (Å²) in [6, 6.07) is 0.677. The molecule has 1 aliphatic rings. The summed E-state index contributed by atoms with van der Waals surface area (Å²) in [5.41, 5.74) is 1.71. The van der Waals surface area contributed by atoms with E-state index in [0.717, 1.165) is 13.0 Å². The van der Waals surface area contributed by atoms with Crippen LogP contribution in [0.15, 0.2) is 12.5 Å². The van der Waals surface area contributed by atoms with Gasteiger partial charge in [-0.1, -0.05) is 13.8 Å². The fourth-order valence-electron chi connectivity index (χ4n) is 2.23. The minimum atomic E-state index is 0.495. The molecule has 1 aromatic heterocycles. The van der Waals surface area contributed by atoms with Crippen LogP contribution < -0.4 is 5.32 Å². The lowest BCUT2D eigenvalue weighted by Gasteiger charge is -2.35. The van der Waals surface area contributed by atoms with Crippen LogP contribution >= 0.6 is 11.8 Å². The number of imidazole rings is 1. The predicted octanol–water partition coefficient (Wildman–Crippen LogP) is 2.07. The van der Waals surface area contributed by atoms with Gasteiger partial charge in [-0.25, -0.2) is 4.98 Å². The van der Waals surface area contributed by atoms with Crippen molar-refractivity contribution in [2.45, 2.75) is 32.7 Å². The third-order valence-corrected chi connectivity index (χ3v) is 4.62. The average molecular weight is 239 g/mol. The number of H-pyrrole nitrogens is 1. The monoisotopic (exact) mass is 239 g/mol. The summed E-state index contributed by atoms with van der Waals surface area (Å²) in [6.07, 6.45) is 5.99. The molecule has 3 nitrogen and oxygen atoms in total. The van der Waals surface area contributed by atoms with Crippen molar-refractivity contribution in [1.29, 1.82) is 0 Å². The predicted molar refractivity (Wildman–Crippen MR) is 69.8 cm³/mol. The summed E-state index contributed by atoms with van der Waals surface area (Å²) in [5, 5.41) is 3.65. The van der Waals surface area contributed by atoms with Crippen LogP contribution in [-0.2, 0) is 6.42 Å². The molecule has 0 bridgehead atoms. The lowest BCUT2D eigenvalue weighted by molar-refractivity contribution is 0.319. The van der Waals surface area contributed by atoms with Crippen LogP contribution in [0.2, 0.25) is 0 Å². The Morgan fingerprint density at radius 3 is 3.19 bits per heavy atom. The first-order valence-corrected chi connectivity index (χ1v) is 7.10. The molecule has 1 fully saturated rings. The SMILES string of the molecule is CC1(C)CSCC(NCCc2cnc[nH]2)C1. The molecule has 0 aromatic carbocycles. The van der Waals surface area contributed by atoms with Gasteiger partial charge in [0, 0.05) is 36.7 Å². The van der Waals surface area contributed by atoms with Crippen LogP contribution in [0.3, 0.4) is 0 Å². The van der Waals surface area contributed by atoms with Crippen molar-refractivity contribution >= 4 is 11.8 Å². The molecule has 0 aliphatic carbocycles. The second kappa shape index (κ2) is 5.23. The highest BCUT2D eigenvalue weighted by atomic mass is 32.2. The fourth-order valence-corrected chi connectivity index (χ4v) is 3.53. The molecule has 1 aliphatic heterocycles. The van der Waals surface area contributed by atoms with Crippen molar-refractivity contribution in [3.05, 3.63) is 18.2 Å². The van der Waals surface area contributed by atoms with Gasteiger partial charge in [0.1, 0.15) is 0 Å². The van der Waals surface area contributed by atoms with E-state index in [4.69, 9.17) is 0 Å². The first-order chi connectivity index (χ1) is 7.66. The summed E-state index contributed by atoms with van der Waals surface area (Å²) in [7, 11) is 0. The maximum atomic E-state index is 4.02. The molecule has 90 valence electrons. The number of aromatic amines is 1. The summed E-state index contributed by atoms with van der Waals surface area (Å²) < 4.78 is 0. The van der Waals surface area contributed by atoms with Crippen LogP contribution in [0.4, 0.5) is 0 Å². The molecule has 2 heterocycles. The maximum absolute atomic E-state index is 4.02. The molecule has 0 saturated carbocycles. The molecule has 16 heavy (non-hydrogen) atoms. The molecule has 0 spiro atoms. The van der Waals surface area contributed by atoms with Crippen molar-refractivity contribution in [2.24, 2.45) is 5.41 Å². The van der Waals surface area contributed by atoms with E-state index >= 15 is 0 Å². The zero-order chi connectivity index (χ0) is 11.4. The lowest BCUT2D eigenvalue weighted by Crippen LogP contribution is -2.41. The molecular weight excluding hydrogens is 218 g/mol. The Kier molecular flexibility index (Phi) is 3.92. The molecule has 2 N–H and O–H groups in total. The first kappa shape index (κ1) is 12.0. The van der Waals surface area contributed by atoms with Crippen LogP contribution in [0, 0.1) is 5.41 Å². The molecule has 4 heteroatoms. The summed E-state index contributed by atoms with van der Waals surface area (Å²) in [6.45, 7) is 5.77. The first-order valence-electron chi connectivity index (χ1n) is 5.94. The topological polar surface area (TPSA) is 40.7 Å². The van der Waals surface area contributed by atoms with E-state index in [1.165, 1.54) is 23.6 Å². The zero-order valence-corrected chi connectivity index (χ0v) is 10.9. The average Bonchev–Trinajstić information content (AvgIpc) is 2.69. The Balaban J connectivity index is 1.70. The van der Waals surface area contributed by atoms with E-state index in [2.05, 4.69) is 40.9 Å². The largest absolute Gasteiger partial charge is 0.348 e. The molecule has 1 unspecified atom stereocenters. The number of hydrogen-bond donors (Lipinski definition) is 2. The summed E-state index contributed by atoms with van der Waals surface area (Å²) >= 11 is 2.08. The van der Waals surface area contributed by atoms with E-state index in [-0.39, 0.29) is 0 Å². The van der Waals surface area contributed by atoms with E-state index in [9.17, 15) is 0 Å². The van der Waals surface area contributed by atoms with Crippen molar-refractivity contribution in [3.8, 4) is 0 Å². The standard InChI is InChI=1S/C12H21N3S/c1-12(2)5-11(7-16-8-12)14-4-3-10-6-13-9-15-10/h6,9,11,14H,3-5,7-8H2,1-2H3,(H,13,15). The van der Waals surface area contributed by atoms with Gasteiger partial charge in [-0.05, 0) is 17.6 Å². The van der Waals surface area contributed by atoms with Gasteiger partial charge in [-0.3, -0.25) is 0 Å². The van der Waals surface area contributed by atoms with Gasteiger partial charge in [0.05, 0.1) is 6.33 Å². The third kappa shape index (κ3) is 3.52. The minimum Gasteiger partial charge on any atom is -0.348 e. The van der Waals surface area contributed by atoms with Gasteiger partial charge in [-0.2, -0.15) is 11.8 Å². The molecule has 1 atom stereocenters. The van der Waals surface area contributed by atoms with Gasteiger partial charge in [0.25, 0.3) is 0 Å². The lowest BCUT2D eigenvalue weighted by atomic mass is 9.88. The molecular formula is C12H21N3S. The number of rotatable bonds is 4. The van der Waals surface area contributed by atoms with Crippen LogP contribution in [0.1, 0.15) is 26.0 Å². The Morgan fingerprint density at radius 2 is 2.50 bits per heavy atom. The Hall–Kier alpha value is -0.480. The molecule has 1 saturated heterocycles. The molecule has 2 rings (SSSR count). The smallest absolute Gasteiger partial charge is 0.0921 e. The van der Waals surface area contributed by atoms with Gasteiger partial charge in [-0.15, -0.1) is 0 Å². The van der Waals surface area contributed by atoms with Gasteiger partial charge in [0.15, 0.2) is 0 Å². The van der Waals surface area contributed by atoms with Crippen molar-refractivity contribution in [3.63, 3.8) is 0 Å². The molecule has 0 radical (unpaired) electrons. The van der Waals surface area contributed by atoms with Gasteiger partial charge < -0.3 is 10.3 Å². The van der Waals surface area contributed by atoms with Gasteiger partial charge >= 0.3 is 0 Å². The van der Waals surface area contributed by atoms with E-state index < -0.39 is 0 Å². The Labute approximate surface area is 102 Å². The summed E-state index contributed by atoms with van der Waals surface area (Å²) in [4.78, 5) is 7.16. The number of nitrogens with one attached hydrogen (secondary N) is 2. The van der Waals surface area contributed by atoms with E-state index in [1.807, 2.05) is 6.20 Å². The van der Waals surface area contributed by atoms with Gasteiger partial charge in [0.2, 0.25) is 0 Å². The van der Waals surface area contributed by atoms with Crippen molar-refractivity contribution in [1.82, 2.24) is 15.3 Å². The van der Waals surface area contributed by atoms with E-state index in [1.54, 1.807) is 6.33 Å². The highest BCUT2D eigenvalue weighted by molar-refractivity contribution is 7.99. The van der Waals surface area contributed by atoms with Crippen molar-refractivity contribution in [2.75, 3.05) is 18.1 Å². The third-order valence-electron chi connectivity index (χ3n) is 2.99. The van der Waals surface area contributed by atoms with Crippen LogP contribution in [0.25, 0.3) is 0 Å². The number of aromatic nitrogens is 2. The van der Waals surface area contributed by atoms with Crippen LogP contribution in [0.5, 0.6) is 0 Å². The maximum Gasteiger partial charge on any atom is 0.0921 e. The molecule has 0 amide bonds. The highest BCUT2D eigenvalue weighted by Crippen LogP contribution is 2.33. The van der Waals surface area contributed by atoms with Crippen molar-refractivity contribution < 1.29 is 0 Å². The zero-order valence-electron chi connectivity index (χ0n) is 10.1. The molecule has 1 aromatic rings. The van der Waals surface area contributed by atoms with E-state index in [0.29, 0.717) is 11.5 Å². The number of nitrogens with zero attached hydrogens (tertiary/aromatic N) is 1. The summed E-state index contributed by atoms with van der Waals surface area (Å²) in [5.74, 6) is 2.55. The quantitative estimate of drug-likeness (QED) is 0.845. The second-order valence-electron chi connectivity index (χ2n) is 5.36. The number of hydrogen-bond acceptors (Lipinski definition) is 3. The number of thioether (sulfide) groups is 1. The minimum absolute atomic E-state index is 0.495. The fraction of sp³-hybridized carbons (Fsp3) is 0.750. The van der Waals surface area contributed by atoms with Crippen LogP contribution in [-0.4, -0.2) is 34.1 Å². The second-order valence-corrected chi connectivity index (χ2v) is 6.39. The Bertz CT molecular complexity index is 308. The highest BCUT2D eigenvalue weighted by Gasteiger charge is 2.27. The Morgan fingerprint density at radius 1 is 1.62 bits per heavy atom. The normalized spacial score (nSPS) is 24.5.